The van der Waals surface area contributed by atoms with Gasteiger partial charge < -0.3 is 25.2 Å². The van der Waals surface area contributed by atoms with Crippen LogP contribution in [-0.4, -0.2) is 65.1 Å². The Kier molecular flexibility index (Phi) is 3.96. The van der Waals surface area contributed by atoms with Gasteiger partial charge in [0, 0.05) is 6.54 Å². The van der Waals surface area contributed by atoms with Gasteiger partial charge in [-0.05, 0) is 19.8 Å². The Morgan fingerprint density at radius 3 is 2.79 bits per heavy atom. The fraction of sp³-hybridized carbons (Fsp3) is 0.833. The van der Waals surface area contributed by atoms with Crippen molar-refractivity contribution < 1.29 is 24.5 Å². The van der Waals surface area contributed by atoms with E-state index in [2.05, 4.69) is 5.32 Å². The van der Waals surface area contributed by atoms with Crippen molar-refractivity contribution in [1.29, 1.82) is 0 Å². The van der Waals surface area contributed by atoms with Crippen molar-refractivity contribution >= 4 is 12.0 Å². The van der Waals surface area contributed by atoms with Crippen LogP contribution in [0.25, 0.3) is 0 Å². The molecule has 2 aliphatic rings. The maximum Gasteiger partial charge on any atom is 0.317 e. The van der Waals surface area contributed by atoms with E-state index in [1.54, 1.807) is 6.92 Å². The number of carboxylic acids is 1. The second kappa shape index (κ2) is 5.34. The summed E-state index contributed by atoms with van der Waals surface area (Å²) in [5, 5.41) is 21.6. The summed E-state index contributed by atoms with van der Waals surface area (Å²) in [6, 6.07) is -0.835. The molecule has 0 saturated carbocycles. The number of urea groups is 1. The minimum atomic E-state index is -0.964. The number of hydrogen-bond acceptors (Lipinski definition) is 4. The van der Waals surface area contributed by atoms with Gasteiger partial charge in [0.2, 0.25) is 0 Å². The predicted octanol–water partition coefficient (Wildman–Crippen LogP) is -0.358. The molecule has 0 aromatic rings. The Morgan fingerprint density at radius 1 is 1.42 bits per heavy atom. The van der Waals surface area contributed by atoms with Gasteiger partial charge in [-0.15, -0.1) is 0 Å². The van der Waals surface area contributed by atoms with Crippen LogP contribution in [0.3, 0.4) is 0 Å². The van der Waals surface area contributed by atoms with Crippen LogP contribution < -0.4 is 5.32 Å². The number of aliphatic carboxylic acids is 1. The van der Waals surface area contributed by atoms with E-state index < -0.39 is 23.5 Å². The third-order valence-corrected chi connectivity index (χ3v) is 3.67. The monoisotopic (exact) mass is 272 g/mol. The molecule has 0 bridgehead atoms. The number of piperidine rings is 1. The molecule has 0 spiro atoms. The molecule has 2 rings (SSSR count). The summed E-state index contributed by atoms with van der Waals surface area (Å²) >= 11 is 0. The Labute approximate surface area is 111 Å². The molecule has 0 aromatic carbocycles. The molecule has 0 aromatic heterocycles. The van der Waals surface area contributed by atoms with Gasteiger partial charge in [-0.2, -0.15) is 0 Å². The van der Waals surface area contributed by atoms with E-state index in [1.165, 1.54) is 4.90 Å². The van der Waals surface area contributed by atoms with Crippen LogP contribution in [0, 0.1) is 5.92 Å². The van der Waals surface area contributed by atoms with Crippen LogP contribution in [0.5, 0.6) is 0 Å². The Bertz CT molecular complexity index is 371. The SMILES string of the molecule is CC1(O)CCCN(C(=O)NC2COCC2C(=O)O)C1. The van der Waals surface area contributed by atoms with Crippen LogP contribution >= 0.6 is 0 Å². The number of rotatable bonds is 2. The Morgan fingerprint density at radius 2 is 2.16 bits per heavy atom. The Balaban J connectivity index is 1.92. The molecule has 2 saturated heterocycles. The maximum atomic E-state index is 12.1. The van der Waals surface area contributed by atoms with Gasteiger partial charge in [0.25, 0.3) is 0 Å². The van der Waals surface area contributed by atoms with Crippen LogP contribution in [0.2, 0.25) is 0 Å². The predicted molar refractivity (Wildman–Crippen MR) is 65.7 cm³/mol. The molecule has 0 aliphatic carbocycles. The lowest BCUT2D eigenvalue weighted by Crippen LogP contribution is -2.55. The number of nitrogens with one attached hydrogen (secondary N) is 1. The summed E-state index contributed by atoms with van der Waals surface area (Å²) in [5.41, 5.74) is -0.867. The number of aliphatic hydroxyl groups is 1. The van der Waals surface area contributed by atoms with Crippen molar-refractivity contribution in [3.05, 3.63) is 0 Å². The second-order valence-corrected chi connectivity index (χ2v) is 5.56. The third kappa shape index (κ3) is 3.36. The van der Waals surface area contributed by atoms with Crippen molar-refractivity contribution in [2.45, 2.75) is 31.4 Å². The van der Waals surface area contributed by atoms with E-state index in [0.717, 1.165) is 6.42 Å². The average Bonchev–Trinajstić information content (AvgIpc) is 2.75. The highest BCUT2D eigenvalue weighted by molar-refractivity contribution is 5.77. The quantitative estimate of drug-likeness (QED) is 0.637. The van der Waals surface area contributed by atoms with Crippen LogP contribution in [0.15, 0.2) is 0 Å². The van der Waals surface area contributed by atoms with Gasteiger partial charge >= 0.3 is 12.0 Å². The zero-order valence-corrected chi connectivity index (χ0v) is 11.0. The number of carbonyl (C=O) groups is 2. The lowest BCUT2D eigenvalue weighted by Gasteiger charge is -2.37. The number of hydrogen-bond donors (Lipinski definition) is 3. The molecule has 0 radical (unpaired) electrons. The number of carboxylic acid groups (broad SMARTS) is 1. The van der Waals surface area contributed by atoms with Crippen molar-refractivity contribution in [2.24, 2.45) is 5.92 Å². The smallest absolute Gasteiger partial charge is 0.317 e. The van der Waals surface area contributed by atoms with Gasteiger partial charge in [-0.1, -0.05) is 0 Å². The highest BCUT2D eigenvalue weighted by atomic mass is 16.5. The largest absolute Gasteiger partial charge is 0.481 e. The topological polar surface area (TPSA) is 99.1 Å². The fourth-order valence-electron chi connectivity index (χ4n) is 2.58. The highest BCUT2D eigenvalue weighted by Crippen LogP contribution is 2.21. The number of likely N-dealkylation sites (tertiary alicyclic amines) is 1. The van der Waals surface area contributed by atoms with E-state index in [4.69, 9.17) is 9.84 Å². The fourth-order valence-corrected chi connectivity index (χ4v) is 2.58. The molecule has 2 aliphatic heterocycles. The van der Waals surface area contributed by atoms with Crippen molar-refractivity contribution in [3.63, 3.8) is 0 Å². The zero-order valence-electron chi connectivity index (χ0n) is 11.0. The molecular formula is C12H20N2O5. The van der Waals surface area contributed by atoms with E-state index in [0.29, 0.717) is 13.0 Å². The van der Waals surface area contributed by atoms with Gasteiger partial charge in [-0.3, -0.25) is 4.79 Å². The molecular weight excluding hydrogens is 252 g/mol. The van der Waals surface area contributed by atoms with Crippen LogP contribution in [0.1, 0.15) is 19.8 Å². The first-order chi connectivity index (χ1) is 8.89. The zero-order chi connectivity index (χ0) is 14.0. The second-order valence-electron chi connectivity index (χ2n) is 5.56. The van der Waals surface area contributed by atoms with E-state index in [1.807, 2.05) is 0 Å². The standard InChI is InChI=1S/C12H20N2O5/c1-12(18)3-2-4-14(7-12)11(17)13-9-6-19-5-8(9)10(15)16/h8-9,18H,2-7H2,1H3,(H,13,17)(H,15,16). The first kappa shape index (κ1) is 14.1. The van der Waals surface area contributed by atoms with Crippen molar-refractivity contribution in [3.8, 4) is 0 Å². The minimum Gasteiger partial charge on any atom is -0.481 e. The van der Waals surface area contributed by atoms with Crippen molar-refractivity contribution in [1.82, 2.24) is 10.2 Å². The molecule has 2 amide bonds. The summed E-state index contributed by atoms with van der Waals surface area (Å²) in [6.07, 6.45) is 1.41. The summed E-state index contributed by atoms with van der Waals surface area (Å²) in [7, 11) is 0. The number of amides is 2. The third-order valence-electron chi connectivity index (χ3n) is 3.67. The molecule has 3 N–H and O–H groups in total. The molecule has 2 heterocycles. The molecule has 108 valence electrons. The Hall–Kier alpha value is -1.34. The molecule has 7 heteroatoms. The number of β-amino-alcohol motifs (C(OH)–C–C–N with tert-alkyl or cyclic N) is 1. The first-order valence-corrected chi connectivity index (χ1v) is 6.47. The number of ether oxygens (including phenoxy) is 1. The normalized spacial score (nSPS) is 35.2. The number of nitrogens with zero attached hydrogens (tertiary/aromatic N) is 1. The van der Waals surface area contributed by atoms with Gasteiger partial charge in [-0.25, -0.2) is 4.79 Å². The number of carbonyl (C=O) groups excluding carboxylic acids is 1. The summed E-state index contributed by atoms with van der Waals surface area (Å²) in [4.78, 5) is 24.6. The van der Waals surface area contributed by atoms with Gasteiger partial charge in [0.1, 0.15) is 5.92 Å². The minimum absolute atomic E-state index is 0.123. The average molecular weight is 272 g/mol. The van der Waals surface area contributed by atoms with Crippen LogP contribution in [0.4, 0.5) is 4.79 Å². The van der Waals surface area contributed by atoms with E-state index in [9.17, 15) is 14.7 Å². The highest BCUT2D eigenvalue weighted by Gasteiger charge is 2.37. The maximum absolute atomic E-state index is 12.1. The summed E-state index contributed by atoms with van der Waals surface area (Å²) in [5.74, 6) is -1.66. The molecule has 7 nitrogen and oxygen atoms in total. The molecule has 19 heavy (non-hydrogen) atoms. The van der Waals surface area contributed by atoms with Gasteiger partial charge in [0.15, 0.2) is 0 Å². The van der Waals surface area contributed by atoms with Gasteiger partial charge in [0.05, 0.1) is 31.4 Å². The molecule has 3 unspecified atom stereocenters. The summed E-state index contributed by atoms with van der Waals surface area (Å²) < 4.78 is 5.10. The molecule has 3 atom stereocenters. The lowest BCUT2D eigenvalue weighted by molar-refractivity contribution is -0.142. The van der Waals surface area contributed by atoms with Crippen molar-refractivity contribution in [2.75, 3.05) is 26.3 Å². The lowest BCUT2D eigenvalue weighted by atomic mass is 9.95. The van der Waals surface area contributed by atoms with E-state index in [-0.39, 0.29) is 25.8 Å². The van der Waals surface area contributed by atoms with Crippen LogP contribution in [-0.2, 0) is 9.53 Å². The molecule has 2 fully saturated rings. The van der Waals surface area contributed by atoms with E-state index >= 15 is 0 Å². The summed E-state index contributed by atoms with van der Waals surface area (Å²) in [6.45, 7) is 2.88. The first-order valence-electron chi connectivity index (χ1n) is 6.47.